The normalized spacial score (nSPS) is 3.00. The van der Waals surface area contributed by atoms with Gasteiger partial charge in [0.1, 0.15) is 0 Å². The molecule has 0 spiro atoms. The van der Waals surface area contributed by atoms with Crippen molar-refractivity contribution in [3.63, 3.8) is 0 Å². The molecule has 0 heterocycles. The Balaban J connectivity index is 0. The molecular weight excluding hydrogens is 183 g/mol. The molecular formula is C2N2Zn2. The quantitative estimate of drug-likeness (QED) is 0.497. The summed E-state index contributed by atoms with van der Waals surface area (Å²) in [7, 11) is 0. The van der Waals surface area contributed by atoms with Crippen LogP contribution in [0.1, 0.15) is 0 Å². The Morgan fingerprint density at radius 3 is 1.00 bits per heavy atom. The van der Waals surface area contributed by atoms with Crippen LogP contribution in [0.15, 0.2) is 0 Å². The second kappa shape index (κ2) is 18.8. The van der Waals surface area contributed by atoms with E-state index >= 15 is 0 Å². The van der Waals surface area contributed by atoms with E-state index in [0.717, 1.165) is 36.6 Å². The van der Waals surface area contributed by atoms with Crippen molar-refractivity contribution in [2.75, 3.05) is 0 Å². The third kappa shape index (κ3) is 856. The first-order valence-electron chi connectivity index (χ1n) is 1.15. The molecule has 0 N–H and O–H groups in total. The van der Waals surface area contributed by atoms with E-state index in [2.05, 4.69) is 0 Å². The maximum absolute atomic E-state index is 7.38. The SMILES string of the molecule is N#[C][Zn].N#[C][Zn]. The molecule has 0 aliphatic heterocycles. The number of hydrogen-bond donors (Lipinski definition) is 0. The summed E-state index contributed by atoms with van der Waals surface area (Å²) < 4.78 is 3.75. The molecule has 0 saturated heterocycles. The van der Waals surface area contributed by atoms with E-state index in [4.69, 9.17) is 10.5 Å². The van der Waals surface area contributed by atoms with Crippen LogP contribution >= 0.6 is 0 Å². The Morgan fingerprint density at radius 2 is 1.00 bits per heavy atom. The number of nitrogens with zero attached hydrogens (tertiary/aromatic N) is 2. The van der Waals surface area contributed by atoms with Crippen LogP contribution in [0.5, 0.6) is 0 Å². The Labute approximate surface area is 56.5 Å². The van der Waals surface area contributed by atoms with Crippen LogP contribution in [-0.4, -0.2) is 0 Å². The van der Waals surface area contributed by atoms with Gasteiger partial charge in [-0.15, -0.1) is 0 Å². The van der Waals surface area contributed by atoms with E-state index < -0.39 is 0 Å². The molecule has 0 aromatic heterocycles. The van der Waals surface area contributed by atoms with Gasteiger partial charge in [-0.2, -0.15) is 0 Å². The predicted octanol–water partition coefficient (Wildman–Crippen LogP) is 0.0286. The average Bonchev–Trinajstić information content (AvgIpc) is 1.39. The van der Waals surface area contributed by atoms with Crippen LogP contribution in [0, 0.1) is 19.9 Å². The van der Waals surface area contributed by atoms with E-state index in [1.807, 2.05) is 9.33 Å². The molecule has 4 heteroatoms. The van der Waals surface area contributed by atoms with Gasteiger partial charge in [0.25, 0.3) is 0 Å². The summed E-state index contributed by atoms with van der Waals surface area (Å²) in [6.07, 6.45) is 0. The molecule has 0 saturated carbocycles. The van der Waals surface area contributed by atoms with Gasteiger partial charge in [-0.25, -0.2) is 0 Å². The fourth-order valence-corrected chi connectivity index (χ4v) is 0. The zero-order valence-corrected chi connectivity index (χ0v) is 9.24. The van der Waals surface area contributed by atoms with Gasteiger partial charge >= 0.3 is 56.5 Å². The Hall–Kier alpha value is 0.227. The summed E-state index contributed by atoms with van der Waals surface area (Å²) in [5.41, 5.74) is 0. The summed E-state index contributed by atoms with van der Waals surface area (Å²) >= 11 is 1.50. The second-order valence-electron chi connectivity index (χ2n) is 0.316. The molecule has 0 amide bonds. The predicted molar refractivity (Wildman–Crippen MR) is 11.2 cm³/mol. The monoisotopic (exact) mass is 180 g/mol. The van der Waals surface area contributed by atoms with Gasteiger partial charge in [0.2, 0.25) is 0 Å². The second-order valence-corrected chi connectivity index (χ2v) is 1.64. The summed E-state index contributed by atoms with van der Waals surface area (Å²) in [5.74, 6) is 0. The molecule has 0 atom stereocenters. The molecule has 2 nitrogen and oxygen atoms in total. The molecule has 0 unspecified atom stereocenters. The fraction of sp³-hybridized carbons (Fsp3) is 0. The van der Waals surface area contributed by atoms with Gasteiger partial charge in [0.15, 0.2) is 0 Å². The first-order valence-corrected chi connectivity index (χ1v) is 4.12. The van der Waals surface area contributed by atoms with Gasteiger partial charge < -0.3 is 0 Å². The van der Waals surface area contributed by atoms with Gasteiger partial charge in [-0.3, -0.25) is 0 Å². The standard InChI is InChI=1S/2CN.2Zn/c2*1-2;;. The molecule has 0 aromatic carbocycles. The van der Waals surface area contributed by atoms with Crippen molar-refractivity contribution >= 4 is 0 Å². The van der Waals surface area contributed by atoms with Crippen molar-refractivity contribution < 1.29 is 36.6 Å². The van der Waals surface area contributed by atoms with Crippen LogP contribution in [0.2, 0.25) is 0 Å². The fourth-order valence-electron chi connectivity index (χ4n) is 0. The van der Waals surface area contributed by atoms with Gasteiger partial charge in [-0.05, 0) is 0 Å². The first-order chi connectivity index (χ1) is 2.83. The van der Waals surface area contributed by atoms with Crippen molar-refractivity contribution in [2.24, 2.45) is 0 Å². The summed E-state index contributed by atoms with van der Waals surface area (Å²) in [6, 6.07) is 0. The topological polar surface area (TPSA) is 47.6 Å². The average molecular weight is 183 g/mol. The van der Waals surface area contributed by atoms with Crippen LogP contribution in [-0.2, 0) is 36.6 Å². The van der Waals surface area contributed by atoms with Crippen molar-refractivity contribution in [3.05, 3.63) is 0 Å². The Bertz CT molecular complexity index is 64.5. The van der Waals surface area contributed by atoms with Crippen LogP contribution in [0.3, 0.4) is 0 Å². The Morgan fingerprint density at radius 1 is 1.00 bits per heavy atom. The molecule has 0 fully saturated rings. The minimum absolute atomic E-state index is 0.750. The number of rotatable bonds is 0. The minimum atomic E-state index is 0.750. The molecule has 6 heavy (non-hydrogen) atoms. The van der Waals surface area contributed by atoms with E-state index in [9.17, 15) is 0 Å². The van der Waals surface area contributed by atoms with Gasteiger partial charge in [-0.1, -0.05) is 0 Å². The van der Waals surface area contributed by atoms with Crippen LogP contribution < -0.4 is 0 Å². The van der Waals surface area contributed by atoms with E-state index in [-0.39, 0.29) is 0 Å². The summed E-state index contributed by atoms with van der Waals surface area (Å²) in [6.45, 7) is 0. The molecule has 0 aliphatic rings. The van der Waals surface area contributed by atoms with Gasteiger partial charge in [0, 0.05) is 0 Å². The van der Waals surface area contributed by atoms with Crippen LogP contribution in [0.25, 0.3) is 0 Å². The molecule has 22 valence electrons. The number of nitriles is 2. The van der Waals surface area contributed by atoms with Crippen LogP contribution in [0.4, 0.5) is 0 Å². The third-order valence-electron chi connectivity index (χ3n) is 0. The van der Waals surface area contributed by atoms with Gasteiger partial charge in [0.05, 0.1) is 0 Å². The zero-order chi connectivity index (χ0) is 5.41. The van der Waals surface area contributed by atoms with Crippen molar-refractivity contribution in [2.45, 2.75) is 0 Å². The van der Waals surface area contributed by atoms with Crippen molar-refractivity contribution in [1.29, 1.82) is 10.5 Å². The third-order valence-corrected chi connectivity index (χ3v) is 0. The number of hydrogen-bond acceptors (Lipinski definition) is 2. The van der Waals surface area contributed by atoms with E-state index in [0.29, 0.717) is 0 Å². The zero-order valence-electron chi connectivity index (χ0n) is 3.31. The molecule has 0 bridgehead atoms. The van der Waals surface area contributed by atoms with Crippen molar-refractivity contribution in [1.82, 2.24) is 0 Å². The summed E-state index contributed by atoms with van der Waals surface area (Å²) in [5, 5.41) is 14.8. The molecule has 0 aromatic rings. The summed E-state index contributed by atoms with van der Waals surface area (Å²) in [4.78, 5) is 0. The van der Waals surface area contributed by atoms with E-state index in [1.54, 1.807) is 0 Å². The van der Waals surface area contributed by atoms with Crippen molar-refractivity contribution in [3.8, 4) is 9.33 Å². The molecule has 0 aliphatic carbocycles. The van der Waals surface area contributed by atoms with E-state index in [1.165, 1.54) is 0 Å². The molecule has 0 radical (unpaired) electrons. The Kier molecular flexibility index (Phi) is 29.9. The maximum atomic E-state index is 7.38. The molecule has 0 rings (SSSR count). The first kappa shape index (κ1) is 9.52.